The Hall–Kier alpha value is -0.680. The van der Waals surface area contributed by atoms with Crippen molar-refractivity contribution in [1.29, 1.82) is 0 Å². The lowest BCUT2D eigenvalue weighted by Gasteiger charge is -2.01. The summed E-state index contributed by atoms with van der Waals surface area (Å²) in [5, 5.41) is 0. The van der Waals surface area contributed by atoms with Crippen molar-refractivity contribution in [2.75, 3.05) is 5.75 Å². The second-order valence-corrected chi connectivity index (χ2v) is 5.24. The normalized spacial score (nSPS) is 11.2. The molecule has 0 saturated carbocycles. The minimum Gasteiger partial charge on any atom is -0.302 e. The van der Waals surface area contributed by atoms with E-state index in [-0.39, 0.29) is 4.90 Å². The Morgan fingerprint density at radius 1 is 1.31 bits per heavy atom. The van der Waals surface area contributed by atoms with E-state index in [2.05, 4.69) is 15.9 Å². The van der Waals surface area contributed by atoms with Gasteiger partial charge >= 0.3 is 0 Å². The zero-order valence-electron chi connectivity index (χ0n) is 6.60. The smallest absolute Gasteiger partial charge is 0.186 e. The predicted molar refractivity (Wildman–Crippen MR) is 52.3 cm³/mol. The first-order valence-corrected chi connectivity index (χ1v) is 5.93. The number of rotatable bonds is 3. The minimum absolute atomic E-state index is 0.155. The number of halogens is 1. The highest BCUT2D eigenvalue weighted by Gasteiger charge is 2.15. The number of benzene rings is 1. The fourth-order valence-corrected chi connectivity index (χ4v) is 2.91. The Morgan fingerprint density at radius 3 is 2.46 bits per heavy atom. The van der Waals surface area contributed by atoms with Gasteiger partial charge in [-0.1, -0.05) is 12.1 Å². The molecule has 0 N–H and O–H groups in total. The summed E-state index contributed by atoms with van der Waals surface area (Å²) < 4.78 is 23.3. The maximum absolute atomic E-state index is 11.4. The highest BCUT2D eigenvalue weighted by atomic mass is 79.9. The number of aldehydes is 1. The summed E-state index contributed by atoms with van der Waals surface area (Å²) in [7, 11) is -3.46. The van der Waals surface area contributed by atoms with E-state index >= 15 is 0 Å². The lowest BCUT2D eigenvalue weighted by atomic mass is 10.4. The summed E-state index contributed by atoms with van der Waals surface area (Å²) >= 11 is 3.11. The van der Waals surface area contributed by atoms with Crippen molar-refractivity contribution in [2.45, 2.75) is 4.90 Å². The largest absolute Gasteiger partial charge is 0.302 e. The maximum Gasteiger partial charge on any atom is 0.186 e. The second-order valence-electron chi connectivity index (χ2n) is 2.38. The monoisotopic (exact) mass is 262 g/mol. The number of hydrogen-bond acceptors (Lipinski definition) is 3. The Labute approximate surface area is 84.8 Å². The average molecular weight is 263 g/mol. The average Bonchev–Trinajstić information content (AvgIpc) is 2.04. The Bertz CT molecular complexity index is 411. The third-order valence-corrected chi connectivity index (χ3v) is 4.01. The zero-order chi connectivity index (χ0) is 9.90. The molecule has 0 bridgehead atoms. The minimum atomic E-state index is -3.46. The molecule has 0 unspecified atom stereocenters. The van der Waals surface area contributed by atoms with Crippen LogP contribution in [-0.4, -0.2) is 20.5 Å². The van der Waals surface area contributed by atoms with Gasteiger partial charge in [0.05, 0.1) is 4.90 Å². The van der Waals surface area contributed by atoms with E-state index in [9.17, 15) is 13.2 Å². The number of carbonyl (C=O) groups is 1. The number of carbonyl (C=O) groups excluding carboxylic acids is 1. The molecular formula is C8H7BrO3S. The van der Waals surface area contributed by atoms with Crippen molar-refractivity contribution in [3.63, 3.8) is 0 Å². The summed E-state index contributed by atoms with van der Waals surface area (Å²) in [5.74, 6) is -0.477. The first kappa shape index (κ1) is 10.4. The van der Waals surface area contributed by atoms with Crippen LogP contribution >= 0.6 is 15.9 Å². The van der Waals surface area contributed by atoms with Crippen LogP contribution in [0.4, 0.5) is 0 Å². The van der Waals surface area contributed by atoms with Crippen molar-refractivity contribution in [3.05, 3.63) is 28.7 Å². The van der Waals surface area contributed by atoms with Gasteiger partial charge in [0.2, 0.25) is 0 Å². The summed E-state index contributed by atoms with van der Waals surface area (Å²) in [5.41, 5.74) is 0. The molecule has 1 aromatic rings. The van der Waals surface area contributed by atoms with Crippen LogP contribution in [0, 0.1) is 0 Å². The molecule has 0 heterocycles. The van der Waals surface area contributed by atoms with E-state index in [1.807, 2.05) is 0 Å². The van der Waals surface area contributed by atoms with Crippen molar-refractivity contribution >= 4 is 32.1 Å². The molecule has 0 saturated heterocycles. The Morgan fingerprint density at radius 2 is 1.92 bits per heavy atom. The zero-order valence-corrected chi connectivity index (χ0v) is 9.01. The van der Waals surface area contributed by atoms with E-state index in [1.165, 1.54) is 6.07 Å². The molecule has 5 heteroatoms. The van der Waals surface area contributed by atoms with Gasteiger partial charge < -0.3 is 4.79 Å². The SMILES string of the molecule is O=CCS(=O)(=O)c1ccccc1Br. The highest BCUT2D eigenvalue weighted by Crippen LogP contribution is 2.21. The quantitative estimate of drug-likeness (QED) is 0.775. The summed E-state index contributed by atoms with van der Waals surface area (Å²) in [6, 6.07) is 6.41. The van der Waals surface area contributed by atoms with Gasteiger partial charge in [0.1, 0.15) is 12.0 Å². The lowest BCUT2D eigenvalue weighted by Crippen LogP contribution is -2.08. The molecule has 70 valence electrons. The fraction of sp³-hybridized carbons (Fsp3) is 0.125. The van der Waals surface area contributed by atoms with Gasteiger partial charge in [-0.05, 0) is 28.1 Å². The first-order chi connectivity index (χ1) is 6.08. The van der Waals surface area contributed by atoms with E-state index in [0.29, 0.717) is 10.8 Å². The maximum atomic E-state index is 11.4. The van der Waals surface area contributed by atoms with E-state index in [1.54, 1.807) is 18.2 Å². The molecule has 1 aromatic carbocycles. The van der Waals surface area contributed by atoms with Gasteiger partial charge in [-0.2, -0.15) is 0 Å². The number of hydrogen-bond donors (Lipinski definition) is 0. The molecule has 3 nitrogen and oxygen atoms in total. The van der Waals surface area contributed by atoms with Crippen LogP contribution in [0.5, 0.6) is 0 Å². The van der Waals surface area contributed by atoms with Crippen LogP contribution in [0.3, 0.4) is 0 Å². The molecule has 13 heavy (non-hydrogen) atoms. The first-order valence-electron chi connectivity index (χ1n) is 3.49. The summed E-state index contributed by atoms with van der Waals surface area (Å²) in [4.78, 5) is 10.3. The molecular weight excluding hydrogens is 256 g/mol. The predicted octanol–water partition coefficient (Wildman–Crippen LogP) is 1.42. The molecule has 0 aliphatic heterocycles. The third-order valence-electron chi connectivity index (χ3n) is 1.46. The molecule has 0 fully saturated rings. The molecule has 0 aliphatic carbocycles. The van der Waals surface area contributed by atoms with E-state index in [0.717, 1.165) is 0 Å². The van der Waals surface area contributed by atoms with Crippen LogP contribution in [-0.2, 0) is 14.6 Å². The standard InChI is InChI=1S/C8H7BrO3S/c9-7-3-1-2-4-8(7)13(11,12)6-5-10/h1-5H,6H2. The summed E-state index contributed by atoms with van der Waals surface area (Å²) in [6.07, 6.45) is 0.384. The van der Waals surface area contributed by atoms with Gasteiger partial charge in [0, 0.05) is 4.47 Å². The van der Waals surface area contributed by atoms with Crippen LogP contribution < -0.4 is 0 Å². The van der Waals surface area contributed by atoms with E-state index < -0.39 is 15.6 Å². The van der Waals surface area contributed by atoms with Crippen LogP contribution in [0.25, 0.3) is 0 Å². The molecule has 1 rings (SSSR count). The van der Waals surface area contributed by atoms with Crippen molar-refractivity contribution in [2.24, 2.45) is 0 Å². The Balaban J connectivity index is 3.22. The molecule has 0 spiro atoms. The van der Waals surface area contributed by atoms with Gasteiger partial charge in [-0.15, -0.1) is 0 Å². The Kier molecular flexibility index (Phi) is 3.22. The van der Waals surface area contributed by atoms with Gasteiger partial charge in [-0.25, -0.2) is 8.42 Å². The van der Waals surface area contributed by atoms with Crippen molar-refractivity contribution in [3.8, 4) is 0 Å². The molecule has 0 amide bonds. The summed E-state index contributed by atoms with van der Waals surface area (Å²) in [6.45, 7) is 0. The molecule has 0 atom stereocenters. The fourth-order valence-electron chi connectivity index (χ4n) is 0.876. The van der Waals surface area contributed by atoms with Gasteiger partial charge in [0.15, 0.2) is 9.84 Å². The molecule has 0 radical (unpaired) electrons. The molecule has 0 aromatic heterocycles. The number of sulfone groups is 1. The van der Waals surface area contributed by atoms with Crippen molar-refractivity contribution < 1.29 is 13.2 Å². The van der Waals surface area contributed by atoms with Crippen LogP contribution in [0.2, 0.25) is 0 Å². The second kappa shape index (κ2) is 4.02. The molecule has 0 aliphatic rings. The van der Waals surface area contributed by atoms with Gasteiger partial charge in [-0.3, -0.25) is 0 Å². The topological polar surface area (TPSA) is 51.2 Å². The van der Waals surface area contributed by atoms with Crippen molar-refractivity contribution in [1.82, 2.24) is 0 Å². The van der Waals surface area contributed by atoms with Crippen LogP contribution in [0.1, 0.15) is 0 Å². The lowest BCUT2D eigenvalue weighted by molar-refractivity contribution is -0.105. The third kappa shape index (κ3) is 2.38. The van der Waals surface area contributed by atoms with Crippen LogP contribution in [0.15, 0.2) is 33.6 Å². The van der Waals surface area contributed by atoms with E-state index in [4.69, 9.17) is 0 Å². The van der Waals surface area contributed by atoms with Gasteiger partial charge in [0.25, 0.3) is 0 Å². The highest BCUT2D eigenvalue weighted by molar-refractivity contribution is 9.10.